The number of carbonyl (C=O) groups excluding carboxylic acids is 1. The molecule has 1 amide bonds. The van der Waals surface area contributed by atoms with Gasteiger partial charge in [0, 0.05) is 17.9 Å². The van der Waals surface area contributed by atoms with E-state index in [1.807, 2.05) is 30.3 Å². The van der Waals surface area contributed by atoms with Gasteiger partial charge < -0.3 is 20.1 Å². The molecule has 1 aliphatic rings. The minimum Gasteiger partial charge on any atom is -0.454 e. The molecule has 4 rings (SSSR count). The molecule has 0 aromatic heterocycles. The van der Waals surface area contributed by atoms with E-state index in [0.29, 0.717) is 17.8 Å². The molecule has 0 atom stereocenters. The fourth-order valence-electron chi connectivity index (χ4n) is 2.95. The lowest BCUT2D eigenvalue weighted by molar-refractivity contribution is -0.115. The Hall–Kier alpha value is -3.54. The number of hydrogen-bond donors (Lipinski definition) is 2. The third-order valence-corrected chi connectivity index (χ3v) is 4.41. The van der Waals surface area contributed by atoms with Crippen LogP contribution in [0.3, 0.4) is 0 Å². The lowest BCUT2D eigenvalue weighted by Gasteiger charge is -2.09. The van der Waals surface area contributed by atoms with Crippen molar-refractivity contribution in [2.75, 3.05) is 17.4 Å². The van der Waals surface area contributed by atoms with Gasteiger partial charge in [-0.05, 0) is 53.6 Å². The fraction of sp³-hybridized carbons (Fsp3) is 0.136. The zero-order valence-electron chi connectivity index (χ0n) is 15.1. The first kappa shape index (κ1) is 17.9. The lowest BCUT2D eigenvalue weighted by Crippen LogP contribution is -2.15. The molecule has 6 heteroatoms. The van der Waals surface area contributed by atoms with Crippen molar-refractivity contribution in [3.05, 3.63) is 83.7 Å². The predicted octanol–water partition coefficient (Wildman–Crippen LogP) is 4.35. The van der Waals surface area contributed by atoms with Crippen molar-refractivity contribution in [2.45, 2.75) is 13.0 Å². The quantitative estimate of drug-likeness (QED) is 0.670. The molecule has 0 saturated heterocycles. The van der Waals surface area contributed by atoms with Crippen LogP contribution >= 0.6 is 0 Å². The minimum atomic E-state index is -0.374. The molecule has 0 saturated carbocycles. The molecule has 5 nitrogen and oxygen atoms in total. The Bertz CT molecular complexity index is 989. The zero-order chi connectivity index (χ0) is 19.3. The van der Waals surface area contributed by atoms with E-state index >= 15 is 0 Å². The van der Waals surface area contributed by atoms with E-state index in [2.05, 4.69) is 10.6 Å². The van der Waals surface area contributed by atoms with Crippen molar-refractivity contribution in [3.8, 4) is 11.5 Å². The molecule has 0 spiro atoms. The summed E-state index contributed by atoms with van der Waals surface area (Å²) in [4.78, 5) is 12.1. The average molecular weight is 378 g/mol. The van der Waals surface area contributed by atoms with E-state index < -0.39 is 0 Å². The number of hydrogen-bond acceptors (Lipinski definition) is 4. The van der Waals surface area contributed by atoms with Gasteiger partial charge >= 0.3 is 0 Å². The molecule has 0 fully saturated rings. The van der Waals surface area contributed by atoms with Crippen molar-refractivity contribution in [3.63, 3.8) is 0 Å². The summed E-state index contributed by atoms with van der Waals surface area (Å²) in [5.41, 5.74) is 3.04. The largest absolute Gasteiger partial charge is 0.454 e. The van der Waals surface area contributed by atoms with Crippen LogP contribution in [0.2, 0.25) is 0 Å². The van der Waals surface area contributed by atoms with Gasteiger partial charge in [-0.2, -0.15) is 0 Å². The van der Waals surface area contributed by atoms with E-state index in [0.717, 1.165) is 22.7 Å². The Morgan fingerprint density at radius 2 is 1.68 bits per heavy atom. The maximum Gasteiger partial charge on any atom is 0.231 e. The summed E-state index contributed by atoms with van der Waals surface area (Å²) >= 11 is 0. The number of halogens is 1. The van der Waals surface area contributed by atoms with Crippen LogP contribution in [0.15, 0.2) is 66.7 Å². The van der Waals surface area contributed by atoms with Crippen LogP contribution in [0, 0.1) is 5.82 Å². The Kier molecular flexibility index (Phi) is 5.10. The number of nitrogens with one attached hydrogen (secondary N) is 2. The van der Waals surface area contributed by atoms with Crippen molar-refractivity contribution in [1.82, 2.24) is 0 Å². The van der Waals surface area contributed by atoms with Gasteiger partial charge in [0.15, 0.2) is 11.5 Å². The third-order valence-electron chi connectivity index (χ3n) is 4.41. The van der Waals surface area contributed by atoms with E-state index in [-0.39, 0.29) is 24.9 Å². The Morgan fingerprint density at radius 1 is 0.929 bits per heavy atom. The third kappa shape index (κ3) is 4.23. The van der Waals surface area contributed by atoms with E-state index in [1.54, 1.807) is 30.3 Å². The Balaban J connectivity index is 1.31. The average Bonchev–Trinajstić information content (AvgIpc) is 3.17. The number of benzene rings is 3. The zero-order valence-corrected chi connectivity index (χ0v) is 15.1. The van der Waals surface area contributed by atoms with Gasteiger partial charge in [0.25, 0.3) is 0 Å². The summed E-state index contributed by atoms with van der Waals surface area (Å²) in [6, 6.07) is 19.5. The van der Waals surface area contributed by atoms with Crippen molar-refractivity contribution >= 4 is 17.3 Å². The fourth-order valence-corrected chi connectivity index (χ4v) is 2.95. The molecule has 0 aliphatic carbocycles. The van der Waals surface area contributed by atoms with Crippen LogP contribution in [0.5, 0.6) is 11.5 Å². The summed E-state index contributed by atoms with van der Waals surface area (Å²) in [5, 5.41) is 6.10. The highest BCUT2D eigenvalue weighted by molar-refractivity contribution is 5.92. The van der Waals surface area contributed by atoms with Crippen LogP contribution in [-0.4, -0.2) is 12.7 Å². The highest BCUT2D eigenvalue weighted by Gasteiger charge is 2.13. The second-order valence-electron chi connectivity index (χ2n) is 6.43. The SMILES string of the molecule is O=C(Cc1ccccc1F)Nc1ccc(NCc2ccc3c(c2)OCO3)cc1. The standard InChI is InChI=1S/C22H19FN2O3/c23-19-4-2-1-3-16(19)12-22(26)25-18-8-6-17(7-9-18)24-13-15-5-10-20-21(11-15)28-14-27-20/h1-11,24H,12-14H2,(H,25,26). The van der Waals surface area contributed by atoms with Gasteiger partial charge in [-0.15, -0.1) is 0 Å². The summed E-state index contributed by atoms with van der Waals surface area (Å²) in [6.45, 7) is 0.895. The van der Waals surface area contributed by atoms with Crippen LogP contribution in [0.4, 0.5) is 15.8 Å². The molecule has 142 valence electrons. The summed E-state index contributed by atoms with van der Waals surface area (Å²) in [5.74, 6) is 0.887. The second-order valence-corrected chi connectivity index (χ2v) is 6.43. The molecule has 0 unspecified atom stereocenters. The molecule has 1 heterocycles. The second kappa shape index (κ2) is 8.00. The number of rotatable bonds is 6. The topological polar surface area (TPSA) is 59.6 Å². The molecular formula is C22H19FN2O3. The first-order valence-electron chi connectivity index (χ1n) is 8.93. The molecule has 28 heavy (non-hydrogen) atoms. The summed E-state index contributed by atoms with van der Waals surface area (Å²) in [7, 11) is 0. The maximum atomic E-state index is 13.6. The molecule has 3 aromatic rings. The number of carbonyl (C=O) groups is 1. The van der Waals surface area contributed by atoms with Gasteiger partial charge in [0.2, 0.25) is 12.7 Å². The predicted molar refractivity (Wildman–Crippen MR) is 105 cm³/mol. The Labute approximate surface area is 162 Å². The Morgan fingerprint density at radius 3 is 2.50 bits per heavy atom. The van der Waals surface area contributed by atoms with Crippen LogP contribution in [-0.2, 0) is 17.8 Å². The number of ether oxygens (including phenoxy) is 2. The van der Waals surface area contributed by atoms with Crippen LogP contribution in [0.1, 0.15) is 11.1 Å². The maximum absolute atomic E-state index is 13.6. The first-order chi connectivity index (χ1) is 13.7. The number of anilines is 2. The van der Waals surface area contributed by atoms with Crippen LogP contribution < -0.4 is 20.1 Å². The van der Waals surface area contributed by atoms with Gasteiger partial charge in [-0.1, -0.05) is 24.3 Å². The molecule has 1 aliphatic heterocycles. The highest BCUT2D eigenvalue weighted by atomic mass is 19.1. The van der Waals surface area contributed by atoms with Gasteiger partial charge in [-0.25, -0.2) is 4.39 Å². The number of fused-ring (bicyclic) bond motifs is 1. The van der Waals surface area contributed by atoms with Gasteiger partial charge in [0.05, 0.1) is 6.42 Å². The van der Waals surface area contributed by atoms with E-state index in [1.165, 1.54) is 6.07 Å². The van der Waals surface area contributed by atoms with Crippen molar-refractivity contribution in [2.24, 2.45) is 0 Å². The normalized spacial score (nSPS) is 11.9. The van der Waals surface area contributed by atoms with E-state index in [9.17, 15) is 9.18 Å². The summed E-state index contributed by atoms with van der Waals surface area (Å²) < 4.78 is 24.3. The molecular weight excluding hydrogens is 359 g/mol. The minimum absolute atomic E-state index is 0.00319. The van der Waals surface area contributed by atoms with Gasteiger partial charge in [0.1, 0.15) is 5.82 Å². The van der Waals surface area contributed by atoms with Gasteiger partial charge in [-0.3, -0.25) is 4.79 Å². The molecule has 3 aromatic carbocycles. The van der Waals surface area contributed by atoms with E-state index in [4.69, 9.17) is 9.47 Å². The van der Waals surface area contributed by atoms with Crippen LogP contribution in [0.25, 0.3) is 0 Å². The van der Waals surface area contributed by atoms with Crippen molar-refractivity contribution < 1.29 is 18.7 Å². The molecule has 2 N–H and O–H groups in total. The van der Waals surface area contributed by atoms with Crippen molar-refractivity contribution in [1.29, 1.82) is 0 Å². The monoisotopic (exact) mass is 378 g/mol. The highest BCUT2D eigenvalue weighted by Crippen LogP contribution is 2.32. The molecule has 0 radical (unpaired) electrons. The number of amides is 1. The first-order valence-corrected chi connectivity index (χ1v) is 8.93. The lowest BCUT2D eigenvalue weighted by atomic mass is 10.1. The smallest absolute Gasteiger partial charge is 0.231 e. The molecule has 0 bridgehead atoms. The summed E-state index contributed by atoms with van der Waals surface area (Å²) in [6.07, 6.45) is -0.00319.